The van der Waals surface area contributed by atoms with E-state index in [9.17, 15) is 58.8 Å². The lowest BCUT2D eigenvalue weighted by atomic mass is 9.98. The topological polar surface area (TPSA) is 245 Å². The number of ketones is 1. The van der Waals surface area contributed by atoms with Gasteiger partial charge in [-0.3, -0.25) is 19.2 Å². The number of likely N-dealkylation sites (tertiary alicyclic amines) is 1. The summed E-state index contributed by atoms with van der Waals surface area (Å²) in [6.45, 7) is 15.8. The van der Waals surface area contributed by atoms with Gasteiger partial charge in [-0.2, -0.15) is 0 Å². The Morgan fingerprint density at radius 3 is 1.44 bits per heavy atom. The minimum Gasteiger partial charge on any atom is -0.480 e. The van der Waals surface area contributed by atoms with E-state index in [1.165, 1.54) is 53.2 Å². The van der Waals surface area contributed by atoms with Gasteiger partial charge in [0.1, 0.15) is 18.1 Å². The number of hydrogen-bond acceptors (Lipinski definition) is 16. The monoisotopic (exact) mass is 1130 g/mol. The van der Waals surface area contributed by atoms with Crippen LogP contribution in [0.3, 0.4) is 0 Å². The summed E-state index contributed by atoms with van der Waals surface area (Å²) in [4.78, 5) is 94.9. The maximum atomic E-state index is 12.9. The number of carboxylic acid groups (broad SMARTS) is 4. The van der Waals surface area contributed by atoms with Crippen LogP contribution in [0, 0.1) is 23.7 Å². The molecule has 1 fully saturated rings. The molecule has 0 radical (unpaired) electrons. The van der Waals surface area contributed by atoms with Crippen molar-refractivity contribution in [2.75, 3.05) is 41.1 Å². The fourth-order valence-corrected chi connectivity index (χ4v) is 19.5. The van der Waals surface area contributed by atoms with Crippen molar-refractivity contribution < 1.29 is 58.8 Å². The molecule has 7 unspecified atom stereocenters. The number of carboxylic acids is 4. The van der Waals surface area contributed by atoms with E-state index in [1.54, 1.807) is 54.0 Å². The third kappa shape index (κ3) is 29.4. The van der Waals surface area contributed by atoms with Crippen molar-refractivity contribution in [3.05, 3.63) is 11.1 Å². The predicted octanol–water partition coefficient (Wildman–Crippen LogP) is 10.3. The lowest BCUT2D eigenvalue weighted by Crippen LogP contribution is -2.43. The second-order valence-electron chi connectivity index (χ2n) is 18.5. The summed E-state index contributed by atoms with van der Waals surface area (Å²) in [5.41, 5.74) is 0.818. The SMILES string of the molecule is CC(=O)NC(CSSCC(CCCCC(C)C)SSCC(NC(C)=O)C(=O)O)C(=O)O.CC(C)CCCCC(CSSCC(C)C(=O)C1=C(C(=O)O)CCC1)SSCC(C)C(=O)N1CCCC1C(=O)O. The molecule has 0 aromatic carbocycles. The number of carbonyl (C=O) groups excluding carboxylic acids is 4. The normalized spacial score (nSPS) is 17.3. The molecular weight excluding hydrogens is 1060 g/mol. The van der Waals surface area contributed by atoms with Gasteiger partial charge in [-0.15, -0.1) is 0 Å². The summed E-state index contributed by atoms with van der Waals surface area (Å²) in [5, 5.41) is 42.7. The highest BCUT2D eigenvalue weighted by Gasteiger charge is 2.36. The lowest BCUT2D eigenvalue weighted by molar-refractivity contribution is -0.149. The van der Waals surface area contributed by atoms with E-state index in [1.807, 2.05) is 24.6 Å². The van der Waals surface area contributed by atoms with Crippen molar-refractivity contribution >= 4 is 134 Å². The van der Waals surface area contributed by atoms with E-state index in [0.717, 1.165) is 62.9 Å². The van der Waals surface area contributed by atoms with Crippen molar-refractivity contribution in [3.63, 3.8) is 0 Å². The zero-order valence-electron chi connectivity index (χ0n) is 42.1. The smallest absolute Gasteiger partial charge is 0.331 e. The molecule has 7 atom stereocenters. The summed E-state index contributed by atoms with van der Waals surface area (Å²) in [5.74, 6) is -0.351. The molecule has 1 aliphatic carbocycles. The Hall–Kier alpha value is -1.50. The molecule has 1 heterocycles. The minimum atomic E-state index is -1.06. The van der Waals surface area contributed by atoms with Gasteiger partial charge in [-0.25, -0.2) is 19.2 Å². The number of hydrogen-bond donors (Lipinski definition) is 6. The van der Waals surface area contributed by atoms with Gasteiger partial charge < -0.3 is 36.0 Å². The number of nitrogens with one attached hydrogen (secondary N) is 2. The zero-order chi connectivity index (χ0) is 52.8. The Labute approximate surface area is 448 Å². The summed E-state index contributed by atoms with van der Waals surface area (Å²) in [6.07, 6.45) is 12.1. The van der Waals surface area contributed by atoms with E-state index < -0.39 is 42.0 Å². The minimum absolute atomic E-state index is 0.0186. The van der Waals surface area contributed by atoms with Crippen molar-refractivity contribution in [3.8, 4) is 0 Å². The molecule has 15 nitrogen and oxygen atoms in total. The molecular formula is C47H79N3O12S8. The van der Waals surface area contributed by atoms with E-state index in [-0.39, 0.29) is 52.1 Å². The van der Waals surface area contributed by atoms with Gasteiger partial charge in [0, 0.05) is 88.4 Å². The molecule has 70 heavy (non-hydrogen) atoms. The molecule has 0 aromatic heterocycles. The number of rotatable bonds is 37. The van der Waals surface area contributed by atoms with Crippen LogP contribution in [-0.2, 0) is 38.4 Å². The standard InChI is InChI=1S/C28H45NO6S4.C19H34N2O6S4/c1-18(2)9-5-6-10-21(39-38-16-20(4)26(31)29-14-8-13-24(29)28(34)35)17-37-36-15-19(3)25(30)22-11-7-12-23(22)27(32)33;1-12(2)7-5-6-8-15(31-30-11-17(19(26)27)21-14(4)23)9-28-29-10-16(18(24)25)20-13(3)22/h18-21,24H,5-17H2,1-4H3,(H,32,33)(H,34,35);12,15-17H,5-11H2,1-4H3,(H,20,22)(H,21,23)(H,24,25)(H,26,27). The Morgan fingerprint density at radius 2 is 0.986 bits per heavy atom. The molecule has 402 valence electrons. The van der Waals surface area contributed by atoms with Crippen LogP contribution in [0.5, 0.6) is 0 Å². The van der Waals surface area contributed by atoms with Crippen LogP contribution in [0.25, 0.3) is 0 Å². The third-order valence-electron chi connectivity index (χ3n) is 11.1. The first-order valence-corrected chi connectivity index (χ1v) is 33.9. The average molecular weight is 1130 g/mol. The van der Waals surface area contributed by atoms with Crippen molar-refractivity contribution in [1.82, 2.24) is 15.5 Å². The summed E-state index contributed by atoms with van der Waals surface area (Å²) in [7, 11) is 13.0. The summed E-state index contributed by atoms with van der Waals surface area (Å²) < 4.78 is 0. The van der Waals surface area contributed by atoms with Gasteiger partial charge >= 0.3 is 23.9 Å². The van der Waals surface area contributed by atoms with Gasteiger partial charge in [0.05, 0.1) is 0 Å². The fourth-order valence-electron chi connectivity index (χ4n) is 7.23. The molecule has 2 rings (SSSR count). The number of amides is 3. The first-order valence-electron chi connectivity index (χ1n) is 24.1. The molecule has 0 saturated carbocycles. The van der Waals surface area contributed by atoms with E-state index in [0.29, 0.717) is 65.5 Å². The fraction of sp³-hybridized carbons (Fsp3) is 0.787. The van der Waals surface area contributed by atoms with Crippen molar-refractivity contribution in [2.24, 2.45) is 23.7 Å². The van der Waals surface area contributed by atoms with Crippen LogP contribution in [0.1, 0.15) is 139 Å². The zero-order valence-corrected chi connectivity index (χ0v) is 48.6. The third-order valence-corrected chi connectivity index (χ3v) is 22.7. The van der Waals surface area contributed by atoms with Gasteiger partial charge in [0.25, 0.3) is 0 Å². The molecule has 6 N–H and O–H groups in total. The van der Waals surface area contributed by atoms with E-state index in [4.69, 9.17) is 0 Å². The molecule has 2 aliphatic rings. The van der Waals surface area contributed by atoms with Gasteiger partial charge in [0.2, 0.25) is 17.7 Å². The quantitative estimate of drug-likeness (QED) is 0.0250. The molecule has 3 amide bonds. The van der Waals surface area contributed by atoms with Gasteiger partial charge in [-0.05, 0) is 56.8 Å². The second kappa shape index (κ2) is 38.1. The van der Waals surface area contributed by atoms with Crippen LogP contribution in [0.15, 0.2) is 11.1 Å². The van der Waals surface area contributed by atoms with Crippen molar-refractivity contribution in [2.45, 2.75) is 167 Å². The first-order chi connectivity index (χ1) is 33.0. The molecule has 0 aromatic rings. The summed E-state index contributed by atoms with van der Waals surface area (Å²) in [6, 6.07) is -2.53. The number of carbonyl (C=O) groups is 8. The molecule has 1 aliphatic heterocycles. The highest BCUT2D eigenvalue weighted by Crippen LogP contribution is 2.39. The number of nitrogens with zero attached hydrogens (tertiary/aromatic N) is 1. The van der Waals surface area contributed by atoms with Gasteiger partial charge in [-0.1, -0.05) is 166 Å². The second-order valence-corrected chi connectivity index (χ2v) is 29.0. The molecule has 1 saturated heterocycles. The number of unbranched alkanes of at least 4 members (excludes halogenated alkanes) is 2. The van der Waals surface area contributed by atoms with E-state index in [2.05, 4.69) is 38.3 Å². The average Bonchev–Trinajstić information content (AvgIpc) is 3.99. The largest absolute Gasteiger partial charge is 0.480 e. The number of allylic oxidation sites excluding steroid dienone is 1. The maximum absolute atomic E-state index is 12.9. The van der Waals surface area contributed by atoms with Crippen LogP contribution >= 0.6 is 86.4 Å². The summed E-state index contributed by atoms with van der Waals surface area (Å²) >= 11 is 0. The first kappa shape index (κ1) is 66.5. The Bertz CT molecular complexity index is 1690. The molecule has 0 bridgehead atoms. The highest BCUT2D eigenvalue weighted by atomic mass is 33.1. The van der Waals surface area contributed by atoms with Crippen LogP contribution in [-0.4, -0.2) is 142 Å². The highest BCUT2D eigenvalue weighted by molar-refractivity contribution is 8.79. The Balaban J connectivity index is 0.000000721. The van der Waals surface area contributed by atoms with E-state index >= 15 is 0 Å². The predicted molar refractivity (Wildman–Crippen MR) is 299 cm³/mol. The van der Waals surface area contributed by atoms with Crippen molar-refractivity contribution in [1.29, 1.82) is 0 Å². The van der Waals surface area contributed by atoms with Crippen LogP contribution < -0.4 is 10.6 Å². The number of Topliss-reactive ketones (excluding diaryl/α,β-unsaturated/α-hetero) is 1. The van der Waals surface area contributed by atoms with Crippen LogP contribution in [0.4, 0.5) is 0 Å². The lowest BCUT2D eigenvalue weighted by Gasteiger charge is -2.25. The van der Waals surface area contributed by atoms with Gasteiger partial charge in [0.15, 0.2) is 5.78 Å². The molecule has 0 spiro atoms. The van der Waals surface area contributed by atoms with Crippen LogP contribution in [0.2, 0.25) is 0 Å². The maximum Gasteiger partial charge on any atom is 0.331 e. The molecule has 23 heteroatoms. The number of aliphatic carboxylic acids is 4. The Kier molecular flexibility index (Phi) is 36.2. The Morgan fingerprint density at radius 1 is 0.557 bits per heavy atom.